The van der Waals surface area contributed by atoms with Crippen LogP contribution < -0.4 is 4.90 Å². The number of rotatable bonds is 3. The Morgan fingerprint density at radius 1 is 1.04 bits per heavy atom. The van der Waals surface area contributed by atoms with Gasteiger partial charge in [0.15, 0.2) is 5.82 Å². The molecule has 1 aromatic carbocycles. The van der Waals surface area contributed by atoms with E-state index in [0.29, 0.717) is 24.8 Å². The van der Waals surface area contributed by atoms with Gasteiger partial charge in [0.1, 0.15) is 11.6 Å². The smallest absolute Gasteiger partial charge is 0.159 e. The molecule has 0 radical (unpaired) electrons. The van der Waals surface area contributed by atoms with Gasteiger partial charge in [0.25, 0.3) is 0 Å². The van der Waals surface area contributed by atoms with Crippen molar-refractivity contribution in [2.45, 2.75) is 38.7 Å². The van der Waals surface area contributed by atoms with Gasteiger partial charge in [-0.1, -0.05) is 0 Å². The molecule has 1 N–H and O–H groups in total. The summed E-state index contributed by atoms with van der Waals surface area (Å²) in [5.41, 5.74) is 3.77. The molecule has 0 saturated carbocycles. The molecule has 0 spiro atoms. The number of ether oxygens (including phenoxy) is 1. The molecule has 0 unspecified atom stereocenters. The lowest BCUT2D eigenvalue weighted by Gasteiger charge is -2.36. The van der Waals surface area contributed by atoms with Crippen LogP contribution in [-0.2, 0) is 4.74 Å². The predicted octanol–water partition coefficient (Wildman–Crippen LogP) is 2.51. The molecule has 7 heteroatoms. The van der Waals surface area contributed by atoms with Crippen LogP contribution in [0.1, 0.15) is 35.7 Å². The highest BCUT2D eigenvalue weighted by Gasteiger charge is 2.26. The number of anilines is 1. The summed E-state index contributed by atoms with van der Waals surface area (Å²) in [5.74, 6) is 2.84. The van der Waals surface area contributed by atoms with Gasteiger partial charge in [-0.05, 0) is 55.9 Å². The van der Waals surface area contributed by atoms with Crippen LogP contribution in [0.15, 0.2) is 24.4 Å². The van der Waals surface area contributed by atoms with Gasteiger partial charge in [-0.3, -0.25) is 0 Å². The summed E-state index contributed by atoms with van der Waals surface area (Å²) in [7, 11) is 0. The third kappa shape index (κ3) is 3.04. The van der Waals surface area contributed by atoms with Crippen molar-refractivity contribution in [3.8, 4) is 5.82 Å². The van der Waals surface area contributed by atoms with Crippen LogP contribution in [0.5, 0.6) is 0 Å². The monoisotopic (exact) mass is 379 g/mol. The number of β-amino-alcohol motifs (C(OH)–C–C–N with tert-alkyl or cyclic N) is 1. The fourth-order valence-electron chi connectivity index (χ4n) is 4.28. The first-order valence-electron chi connectivity index (χ1n) is 9.93. The van der Waals surface area contributed by atoms with E-state index >= 15 is 0 Å². The van der Waals surface area contributed by atoms with Crippen LogP contribution in [0.2, 0.25) is 0 Å². The first-order valence-corrected chi connectivity index (χ1v) is 9.93. The van der Waals surface area contributed by atoms with Crippen molar-refractivity contribution in [3.05, 3.63) is 41.3 Å². The topological polar surface area (TPSA) is 76.3 Å². The molecule has 146 valence electrons. The SMILES string of the molecule is Cc1nc(N2CC(O)C2)cc(-n2ncc3cc(C)c(C4CCOCC4)cc32)n1. The standard InChI is InChI=1S/C21H25N5O2/c1-13-7-16-10-22-26(19(16)8-18(13)15-3-5-28-6-4-15)21-9-20(23-14(2)24-21)25-11-17(27)12-25/h7-10,15,17,27H,3-6,11-12H2,1-2H3. The van der Waals surface area contributed by atoms with Crippen LogP contribution in [0, 0.1) is 13.8 Å². The second kappa shape index (κ2) is 6.83. The van der Waals surface area contributed by atoms with Crippen LogP contribution in [0.25, 0.3) is 16.7 Å². The van der Waals surface area contributed by atoms with E-state index in [9.17, 15) is 5.11 Å². The largest absolute Gasteiger partial charge is 0.389 e. The normalized spacial score (nSPS) is 18.6. The minimum atomic E-state index is -0.269. The maximum absolute atomic E-state index is 9.61. The quantitative estimate of drug-likeness (QED) is 0.754. The van der Waals surface area contributed by atoms with Gasteiger partial charge in [0, 0.05) is 37.8 Å². The Bertz CT molecular complexity index is 1020. The fourth-order valence-corrected chi connectivity index (χ4v) is 4.28. The Balaban J connectivity index is 1.57. The van der Waals surface area contributed by atoms with Gasteiger partial charge in [-0.25, -0.2) is 14.6 Å². The molecule has 2 aliphatic rings. The first kappa shape index (κ1) is 17.6. The lowest BCUT2D eigenvalue weighted by atomic mass is 9.88. The highest BCUT2D eigenvalue weighted by atomic mass is 16.5. The molecule has 3 aromatic rings. The minimum Gasteiger partial charge on any atom is -0.389 e. The summed E-state index contributed by atoms with van der Waals surface area (Å²) in [5, 5.41) is 15.4. The molecular formula is C21H25N5O2. The average molecular weight is 379 g/mol. The van der Waals surface area contributed by atoms with Gasteiger partial charge in [0.05, 0.1) is 17.8 Å². The van der Waals surface area contributed by atoms with Crippen LogP contribution in [0.3, 0.4) is 0 Å². The second-order valence-electron chi connectivity index (χ2n) is 7.90. The Labute approximate surface area is 164 Å². The van der Waals surface area contributed by atoms with Crippen molar-refractivity contribution in [3.63, 3.8) is 0 Å². The number of nitrogens with zero attached hydrogens (tertiary/aromatic N) is 5. The second-order valence-corrected chi connectivity index (χ2v) is 7.90. The van der Waals surface area contributed by atoms with E-state index in [2.05, 4.69) is 39.0 Å². The molecule has 2 saturated heterocycles. The Morgan fingerprint density at radius 2 is 1.79 bits per heavy atom. The number of aliphatic hydroxyl groups excluding tert-OH is 1. The van der Waals surface area contributed by atoms with E-state index in [1.165, 1.54) is 11.1 Å². The van der Waals surface area contributed by atoms with Gasteiger partial charge >= 0.3 is 0 Å². The van der Waals surface area contributed by atoms with Crippen LogP contribution >= 0.6 is 0 Å². The van der Waals surface area contributed by atoms with Crippen molar-refractivity contribution >= 4 is 16.7 Å². The molecule has 2 aliphatic heterocycles. The fraction of sp³-hybridized carbons (Fsp3) is 0.476. The van der Waals surface area contributed by atoms with Crippen molar-refractivity contribution in [2.75, 3.05) is 31.2 Å². The van der Waals surface area contributed by atoms with Gasteiger partial charge in [-0.15, -0.1) is 0 Å². The van der Waals surface area contributed by atoms with Gasteiger partial charge in [0.2, 0.25) is 0 Å². The zero-order valence-electron chi connectivity index (χ0n) is 16.3. The molecule has 2 aromatic heterocycles. The van der Waals surface area contributed by atoms with E-state index in [1.807, 2.05) is 23.9 Å². The molecule has 0 bridgehead atoms. The average Bonchev–Trinajstić information content (AvgIpc) is 3.07. The molecule has 7 nitrogen and oxygen atoms in total. The minimum absolute atomic E-state index is 0.269. The molecule has 5 rings (SSSR count). The van der Waals surface area contributed by atoms with Gasteiger partial charge in [-0.2, -0.15) is 5.10 Å². The highest BCUT2D eigenvalue weighted by Crippen LogP contribution is 2.33. The van der Waals surface area contributed by atoms with E-state index in [4.69, 9.17) is 4.74 Å². The molecule has 28 heavy (non-hydrogen) atoms. The van der Waals surface area contributed by atoms with Crippen molar-refractivity contribution in [1.82, 2.24) is 19.7 Å². The molecular weight excluding hydrogens is 354 g/mol. The first-order chi connectivity index (χ1) is 13.6. The number of hydrogen-bond donors (Lipinski definition) is 1. The summed E-state index contributed by atoms with van der Waals surface area (Å²) < 4.78 is 7.45. The summed E-state index contributed by atoms with van der Waals surface area (Å²) >= 11 is 0. The number of benzene rings is 1. The molecule has 0 amide bonds. The zero-order valence-corrected chi connectivity index (χ0v) is 16.3. The summed E-state index contributed by atoms with van der Waals surface area (Å²) in [6.07, 6.45) is 3.76. The lowest BCUT2D eigenvalue weighted by molar-refractivity contribution is 0.0852. The zero-order chi connectivity index (χ0) is 19.3. The molecule has 0 aliphatic carbocycles. The Hall–Kier alpha value is -2.51. The van der Waals surface area contributed by atoms with E-state index in [1.54, 1.807) is 0 Å². The predicted molar refractivity (Wildman–Crippen MR) is 107 cm³/mol. The third-order valence-corrected chi connectivity index (χ3v) is 5.83. The summed E-state index contributed by atoms with van der Waals surface area (Å²) in [6.45, 7) is 6.97. The van der Waals surface area contributed by atoms with Crippen LogP contribution in [-0.4, -0.2) is 57.3 Å². The number of aryl methyl sites for hydroxylation is 2. The number of aliphatic hydroxyl groups is 1. The van der Waals surface area contributed by atoms with Crippen molar-refractivity contribution in [1.29, 1.82) is 0 Å². The highest BCUT2D eigenvalue weighted by molar-refractivity contribution is 5.82. The summed E-state index contributed by atoms with van der Waals surface area (Å²) in [6, 6.07) is 6.46. The number of hydrogen-bond acceptors (Lipinski definition) is 6. The Morgan fingerprint density at radius 3 is 2.54 bits per heavy atom. The van der Waals surface area contributed by atoms with Crippen molar-refractivity contribution in [2.24, 2.45) is 0 Å². The third-order valence-electron chi connectivity index (χ3n) is 5.83. The van der Waals surface area contributed by atoms with E-state index in [0.717, 1.165) is 48.6 Å². The molecule has 0 atom stereocenters. The van der Waals surface area contributed by atoms with Gasteiger partial charge < -0.3 is 14.7 Å². The Kier molecular flexibility index (Phi) is 4.29. The maximum Gasteiger partial charge on any atom is 0.159 e. The lowest BCUT2D eigenvalue weighted by Crippen LogP contribution is -2.51. The number of fused-ring (bicyclic) bond motifs is 1. The molecule has 2 fully saturated rings. The molecule has 4 heterocycles. The summed E-state index contributed by atoms with van der Waals surface area (Å²) in [4.78, 5) is 11.2. The number of aromatic nitrogens is 4. The van der Waals surface area contributed by atoms with E-state index < -0.39 is 0 Å². The van der Waals surface area contributed by atoms with Crippen LogP contribution in [0.4, 0.5) is 5.82 Å². The van der Waals surface area contributed by atoms with Crippen molar-refractivity contribution < 1.29 is 9.84 Å². The van der Waals surface area contributed by atoms with E-state index in [-0.39, 0.29) is 6.10 Å². The maximum atomic E-state index is 9.61.